The summed E-state index contributed by atoms with van der Waals surface area (Å²) in [6.07, 6.45) is -2.93. The van der Waals surface area contributed by atoms with E-state index in [0.717, 1.165) is 18.5 Å². The average molecular weight is 541 g/mol. The highest BCUT2D eigenvalue weighted by Crippen LogP contribution is 2.33. The van der Waals surface area contributed by atoms with Gasteiger partial charge < -0.3 is 14.8 Å². The van der Waals surface area contributed by atoms with E-state index in [0.29, 0.717) is 37.3 Å². The largest absolute Gasteiger partial charge is 0.421 e. The summed E-state index contributed by atoms with van der Waals surface area (Å²) in [5.41, 5.74) is -1.98. The van der Waals surface area contributed by atoms with Crippen molar-refractivity contribution in [1.29, 1.82) is 0 Å². The van der Waals surface area contributed by atoms with Crippen molar-refractivity contribution in [3.8, 4) is 0 Å². The maximum Gasteiger partial charge on any atom is 0.421 e. The monoisotopic (exact) mass is 541 g/mol. The number of nitrogens with zero attached hydrogens (tertiary/aromatic N) is 4. The van der Waals surface area contributed by atoms with E-state index in [9.17, 15) is 35.9 Å². The number of hydrogen-bond acceptors (Lipinski definition) is 5. The van der Waals surface area contributed by atoms with E-state index < -0.39 is 29.0 Å². The Kier molecular flexibility index (Phi) is 7.39. The minimum absolute atomic E-state index is 0.0550. The maximum atomic E-state index is 13.4. The third kappa shape index (κ3) is 5.91. The van der Waals surface area contributed by atoms with Crippen LogP contribution in [-0.4, -0.2) is 51.9 Å². The van der Waals surface area contributed by atoms with Crippen molar-refractivity contribution >= 4 is 11.9 Å². The number of alkyl halides is 6. The molecule has 0 bridgehead atoms. The summed E-state index contributed by atoms with van der Waals surface area (Å²) in [4.78, 5) is 38.1. The standard InChI is InChI=1S/C25H25F6N5O2/c1-14-7-16(8-17-10-20(25(29,30)31)21(37)32-11-17)9-19(15(14)2)22(38)35-3-5-36(6-4-35)23-33-12-18(13-34-23)24(26,27)28/h7,9-15H,3-6,8H2,1-2H3,(H,32,37). The number of H-pyrrole nitrogens is 1. The number of halogens is 6. The van der Waals surface area contributed by atoms with E-state index in [-0.39, 0.29) is 35.7 Å². The number of amides is 1. The molecule has 1 fully saturated rings. The average Bonchev–Trinajstić information content (AvgIpc) is 2.86. The second-order valence-corrected chi connectivity index (χ2v) is 9.46. The molecule has 2 aromatic heterocycles. The molecule has 2 aromatic rings. The fourth-order valence-corrected chi connectivity index (χ4v) is 4.51. The van der Waals surface area contributed by atoms with Crippen LogP contribution in [0, 0.1) is 11.8 Å². The molecule has 2 atom stereocenters. The highest BCUT2D eigenvalue weighted by Gasteiger charge is 2.35. The van der Waals surface area contributed by atoms with Crippen molar-refractivity contribution in [1.82, 2.24) is 19.9 Å². The Morgan fingerprint density at radius 1 is 1.03 bits per heavy atom. The lowest BCUT2D eigenvalue weighted by atomic mass is 9.80. The van der Waals surface area contributed by atoms with Crippen molar-refractivity contribution in [3.05, 3.63) is 75.0 Å². The van der Waals surface area contributed by atoms with E-state index in [4.69, 9.17) is 0 Å². The molecule has 1 aliphatic heterocycles. The van der Waals surface area contributed by atoms with Gasteiger partial charge in [0.05, 0.1) is 5.56 Å². The third-order valence-corrected chi connectivity index (χ3v) is 6.84. The van der Waals surface area contributed by atoms with Gasteiger partial charge in [0.2, 0.25) is 11.9 Å². The molecule has 0 radical (unpaired) electrons. The van der Waals surface area contributed by atoms with E-state index in [1.165, 1.54) is 6.20 Å². The number of rotatable bonds is 4. The third-order valence-electron chi connectivity index (χ3n) is 6.84. The number of carbonyl (C=O) groups is 1. The number of nitrogens with one attached hydrogen (secondary N) is 1. The van der Waals surface area contributed by atoms with E-state index >= 15 is 0 Å². The number of carbonyl (C=O) groups excluding carboxylic acids is 1. The zero-order chi connectivity index (χ0) is 27.8. The molecule has 1 saturated heterocycles. The molecule has 2 unspecified atom stereocenters. The quantitative estimate of drug-likeness (QED) is 0.586. The number of allylic oxidation sites excluding steroid dienone is 3. The van der Waals surface area contributed by atoms with E-state index in [1.807, 2.05) is 19.9 Å². The van der Waals surface area contributed by atoms with E-state index in [1.54, 1.807) is 15.9 Å². The van der Waals surface area contributed by atoms with Gasteiger partial charge in [-0.1, -0.05) is 26.0 Å². The Hall–Kier alpha value is -3.64. The molecule has 7 nitrogen and oxygen atoms in total. The van der Waals surface area contributed by atoms with Gasteiger partial charge in [-0.2, -0.15) is 26.3 Å². The predicted octanol–water partition coefficient (Wildman–Crippen LogP) is 4.23. The van der Waals surface area contributed by atoms with Crippen LogP contribution in [0.2, 0.25) is 0 Å². The fourth-order valence-electron chi connectivity index (χ4n) is 4.51. The highest BCUT2D eigenvalue weighted by molar-refractivity contribution is 5.95. The van der Waals surface area contributed by atoms with E-state index in [2.05, 4.69) is 15.0 Å². The topological polar surface area (TPSA) is 82.2 Å². The number of pyridine rings is 1. The van der Waals surface area contributed by atoms with Gasteiger partial charge in [-0.05, 0) is 35.5 Å². The first-order chi connectivity index (χ1) is 17.7. The highest BCUT2D eigenvalue weighted by atomic mass is 19.4. The fraction of sp³-hybridized carbons (Fsp3) is 0.440. The Labute approximate surface area is 213 Å². The number of hydrogen-bond donors (Lipinski definition) is 1. The number of aromatic amines is 1. The first-order valence-corrected chi connectivity index (χ1v) is 11.9. The summed E-state index contributed by atoms with van der Waals surface area (Å²) in [6, 6.07) is 0.820. The van der Waals surface area contributed by atoms with Gasteiger partial charge in [-0.3, -0.25) is 9.59 Å². The second kappa shape index (κ2) is 10.3. The van der Waals surface area contributed by atoms with Crippen LogP contribution in [0.4, 0.5) is 32.3 Å². The Morgan fingerprint density at radius 3 is 2.24 bits per heavy atom. The number of piperazine rings is 1. The Morgan fingerprint density at radius 2 is 1.66 bits per heavy atom. The first kappa shape index (κ1) is 27.4. The molecular formula is C25H25F6N5O2. The van der Waals surface area contributed by atoms with Crippen LogP contribution in [0.25, 0.3) is 0 Å². The maximum absolute atomic E-state index is 13.4. The molecule has 1 amide bonds. The van der Waals surface area contributed by atoms with Crippen molar-refractivity contribution in [2.75, 3.05) is 31.1 Å². The lowest BCUT2D eigenvalue weighted by Gasteiger charge is -2.37. The van der Waals surface area contributed by atoms with Crippen molar-refractivity contribution in [3.63, 3.8) is 0 Å². The molecule has 204 valence electrons. The van der Waals surface area contributed by atoms with Crippen LogP contribution in [0.5, 0.6) is 0 Å². The summed E-state index contributed by atoms with van der Waals surface area (Å²) in [6.45, 7) is 5.07. The van der Waals surface area contributed by atoms with Gasteiger partial charge in [-0.25, -0.2) is 9.97 Å². The van der Waals surface area contributed by atoms with Gasteiger partial charge in [0, 0.05) is 50.3 Å². The van der Waals surface area contributed by atoms with Crippen molar-refractivity contribution in [2.45, 2.75) is 32.6 Å². The number of anilines is 1. The van der Waals surface area contributed by atoms with Crippen LogP contribution >= 0.6 is 0 Å². The molecule has 4 rings (SSSR count). The smallest absolute Gasteiger partial charge is 0.337 e. The molecular weight excluding hydrogens is 516 g/mol. The molecule has 3 heterocycles. The van der Waals surface area contributed by atoms with Gasteiger partial charge in [0.15, 0.2) is 0 Å². The molecule has 0 aromatic carbocycles. The molecule has 0 spiro atoms. The van der Waals surface area contributed by atoms with Crippen molar-refractivity contribution < 1.29 is 31.1 Å². The summed E-state index contributed by atoms with van der Waals surface area (Å²) >= 11 is 0. The normalized spacial score (nSPS) is 20.7. The summed E-state index contributed by atoms with van der Waals surface area (Å²) in [7, 11) is 0. The molecule has 1 aliphatic carbocycles. The van der Waals surface area contributed by atoms with Crippen molar-refractivity contribution in [2.24, 2.45) is 11.8 Å². The van der Waals surface area contributed by atoms with Gasteiger partial charge in [0.1, 0.15) is 5.56 Å². The molecule has 2 aliphatic rings. The van der Waals surface area contributed by atoms with Crippen LogP contribution < -0.4 is 10.5 Å². The molecule has 38 heavy (non-hydrogen) atoms. The van der Waals surface area contributed by atoms with Crippen LogP contribution in [0.1, 0.15) is 30.5 Å². The minimum Gasteiger partial charge on any atom is -0.337 e. The second-order valence-electron chi connectivity index (χ2n) is 9.46. The van der Waals surface area contributed by atoms with Crippen LogP contribution in [0.3, 0.4) is 0 Å². The summed E-state index contributed by atoms with van der Waals surface area (Å²) in [5.74, 6) is -0.252. The first-order valence-electron chi connectivity index (χ1n) is 11.9. The van der Waals surface area contributed by atoms with Gasteiger partial charge in [0.25, 0.3) is 5.56 Å². The Bertz CT molecular complexity index is 1310. The lowest BCUT2D eigenvalue weighted by molar-refractivity contribution is -0.139. The zero-order valence-electron chi connectivity index (χ0n) is 20.5. The van der Waals surface area contributed by atoms with Gasteiger partial charge >= 0.3 is 12.4 Å². The SMILES string of the molecule is CC1C=C(Cc2c[nH]c(=O)c(C(F)(F)F)c2)C=C(C(=O)N2CCN(c3ncc(C(F)(F)F)cn3)CC2)C1C. The molecule has 13 heteroatoms. The summed E-state index contributed by atoms with van der Waals surface area (Å²) < 4.78 is 77.7. The zero-order valence-corrected chi connectivity index (χ0v) is 20.5. The van der Waals surface area contributed by atoms with Crippen LogP contribution in [0.15, 0.2) is 52.7 Å². The molecule has 1 N–H and O–H groups in total. The predicted molar refractivity (Wildman–Crippen MR) is 126 cm³/mol. The Balaban J connectivity index is 1.45. The van der Waals surface area contributed by atoms with Crippen LogP contribution in [-0.2, 0) is 23.6 Å². The molecule has 0 saturated carbocycles. The van der Waals surface area contributed by atoms with Gasteiger partial charge in [-0.15, -0.1) is 0 Å². The lowest BCUT2D eigenvalue weighted by Crippen LogP contribution is -2.50. The minimum atomic E-state index is -4.78. The number of aromatic nitrogens is 3. The summed E-state index contributed by atoms with van der Waals surface area (Å²) in [5, 5.41) is 0.